The highest BCUT2D eigenvalue weighted by Crippen LogP contribution is 2.20. The molecule has 3 N–H and O–H groups in total. The summed E-state index contributed by atoms with van der Waals surface area (Å²) in [6.07, 6.45) is 0.789. The first-order valence-corrected chi connectivity index (χ1v) is 5.55. The molecule has 0 radical (unpaired) electrons. The van der Waals surface area contributed by atoms with E-state index in [-0.39, 0.29) is 12.6 Å². The molecular weight excluding hydrogens is 204 g/mol. The second-order valence-electron chi connectivity index (χ2n) is 3.79. The van der Waals surface area contributed by atoms with Crippen molar-refractivity contribution < 1.29 is 5.11 Å². The number of anilines is 2. The van der Waals surface area contributed by atoms with Crippen LogP contribution in [-0.2, 0) is 6.42 Å². The summed E-state index contributed by atoms with van der Waals surface area (Å²) >= 11 is 0. The van der Waals surface area contributed by atoms with Crippen molar-refractivity contribution in [3.8, 4) is 0 Å². The van der Waals surface area contributed by atoms with Gasteiger partial charge >= 0.3 is 0 Å². The fraction of sp³-hybridized carbons (Fsp3) is 0.636. The van der Waals surface area contributed by atoms with Crippen LogP contribution in [0.2, 0.25) is 0 Å². The third-order valence-corrected chi connectivity index (χ3v) is 2.40. The number of aliphatic hydroxyl groups excluding tert-OH is 1. The van der Waals surface area contributed by atoms with Crippen LogP contribution in [-0.4, -0.2) is 34.8 Å². The predicted octanol–water partition coefficient (Wildman–Crippen LogP) is 1.18. The summed E-state index contributed by atoms with van der Waals surface area (Å²) in [5, 5.41) is 15.2. The first-order chi connectivity index (χ1) is 7.62. The normalized spacial score (nSPS) is 12.3. The molecule has 0 spiro atoms. The Kier molecular flexibility index (Phi) is 4.49. The Labute approximate surface area is 96.3 Å². The fourth-order valence-electron chi connectivity index (χ4n) is 1.38. The first-order valence-electron chi connectivity index (χ1n) is 5.55. The van der Waals surface area contributed by atoms with Gasteiger partial charge in [-0.1, -0.05) is 6.92 Å². The van der Waals surface area contributed by atoms with Crippen LogP contribution in [0.4, 0.5) is 11.6 Å². The van der Waals surface area contributed by atoms with Gasteiger partial charge in [0, 0.05) is 25.1 Å². The van der Waals surface area contributed by atoms with Crippen molar-refractivity contribution in [2.75, 3.05) is 24.3 Å². The van der Waals surface area contributed by atoms with Crippen molar-refractivity contribution in [1.29, 1.82) is 0 Å². The predicted molar refractivity (Wildman–Crippen MR) is 65.9 cm³/mol. The lowest BCUT2D eigenvalue weighted by Gasteiger charge is -2.16. The number of aliphatic hydroxyl groups is 1. The van der Waals surface area contributed by atoms with Crippen LogP contribution in [0.25, 0.3) is 0 Å². The van der Waals surface area contributed by atoms with Crippen LogP contribution in [0.15, 0.2) is 0 Å². The van der Waals surface area contributed by atoms with Gasteiger partial charge in [-0.3, -0.25) is 0 Å². The van der Waals surface area contributed by atoms with Gasteiger partial charge < -0.3 is 15.7 Å². The van der Waals surface area contributed by atoms with Crippen LogP contribution >= 0.6 is 0 Å². The molecule has 1 aromatic heterocycles. The molecule has 0 bridgehead atoms. The fourth-order valence-corrected chi connectivity index (χ4v) is 1.38. The lowest BCUT2D eigenvalue weighted by Crippen LogP contribution is -2.21. The number of nitrogens with one attached hydrogen (secondary N) is 2. The van der Waals surface area contributed by atoms with E-state index in [0.29, 0.717) is 0 Å². The topological polar surface area (TPSA) is 70.1 Å². The van der Waals surface area contributed by atoms with Gasteiger partial charge in [-0.05, 0) is 13.8 Å². The van der Waals surface area contributed by atoms with E-state index in [9.17, 15) is 0 Å². The number of hydrogen-bond donors (Lipinski definition) is 3. The minimum absolute atomic E-state index is 0.0111. The Morgan fingerprint density at radius 2 is 1.94 bits per heavy atom. The average molecular weight is 224 g/mol. The summed E-state index contributed by atoms with van der Waals surface area (Å²) in [4.78, 5) is 8.79. The zero-order valence-electron chi connectivity index (χ0n) is 10.3. The summed E-state index contributed by atoms with van der Waals surface area (Å²) in [5.41, 5.74) is 0.972. The van der Waals surface area contributed by atoms with Crippen LogP contribution in [0, 0.1) is 6.92 Å². The molecule has 0 saturated heterocycles. The SMILES string of the molecule is CCc1nc(NC)c(C)c(NC(C)CO)n1. The van der Waals surface area contributed by atoms with Gasteiger partial charge in [0.15, 0.2) is 0 Å². The molecule has 0 aromatic carbocycles. The summed E-state index contributed by atoms with van der Waals surface area (Å²) in [6, 6.07) is -0.0111. The molecule has 1 aromatic rings. The monoisotopic (exact) mass is 224 g/mol. The molecule has 16 heavy (non-hydrogen) atoms. The zero-order chi connectivity index (χ0) is 12.1. The smallest absolute Gasteiger partial charge is 0.135 e. The van der Waals surface area contributed by atoms with E-state index in [1.165, 1.54) is 0 Å². The van der Waals surface area contributed by atoms with E-state index in [1.807, 2.05) is 27.8 Å². The summed E-state index contributed by atoms with van der Waals surface area (Å²) in [7, 11) is 1.84. The second-order valence-corrected chi connectivity index (χ2v) is 3.79. The van der Waals surface area contributed by atoms with Gasteiger partial charge in [-0.2, -0.15) is 0 Å². The van der Waals surface area contributed by atoms with E-state index in [2.05, 4.69) is 20.6 Å². The highest BCUT2D eigenvalue weighted by atomic mass is 16.3. The molecule has 5 nitrogen and oxygen atoms in total. The molecule has 0 aliphatic rings. The van der Waals surface area contributed by atoms with Gasteiger partial charge in [0.05, 0.1) is 6.61 Å². The number of aromatic nitrogens is 2. The lowest BCUT2D eigenvalue weighted by molar-refractivity contribution is 0.281. The Morgan fingerprint density at radius 3 is 2.44 bits per heavy atom. The van der Waals surface area contributed by atoms with Crippen molar-refractivity contribution in [2.24, 2.45) is 0 Å². The van der Waals surface area contributed by atoms with Gasteiger partial charge in [0.1, 0.15) is 17.5 Å². The molecule has 90 valence electrons. The third kappa shape index (κ3) is 2.82. The quantitative estimate of drug-likeness (QED) is 0.700. The first kappa shape index (κ1) is 12.7. The van der Waals surface area contributed by atoms with Crippen LogP contribution < -0.4 is 10.6 Å². The van der Waals surface area contributed by atoms with E-state index in [0.717, 1.165) is 29.4 Å². The maximum atomic E-state index is 9.02. The summed E-state index contributed by atoms with van der Waals surface area (Å²) in [6.45, 7) is 5.97. The molecule has 1 heterocycles. The molecule has 1 atom stereocenters. The van der Waals surface area contributed by atoms with E-state index >= 15 is 0 Å². The van der Waals surface area contributed by atoms with Crippen molar-refractivity contribution in [3.05, 3.63) is 11.4 Å². The van der Waals surface area contributed by atoms with Crippen molar-refractivity contribution in [3.63, 3.8) is 0 Å². The van der Waals surface area contributed by atoms with Crippen LogP contribution in [0.1, 0.15) is 25.2 Å². The standard InChI is InChI=1S/C11H20N4O/c1-5-9-14-10(12-4)8(3)11(15-9)13-7(2)6-16/h7,16H,5-6H2,1-4H3,(H2,12,13,14,15). The zero-order valence-corrected chi connectivity index (χ0v) is 10.3. The molecule has 0 fully saturated rings. The number of aryl methyl sites for hydroxylation is 1. The van der Waals surface area contributed by atoms with Gasteiger partial charge in [-0.25, -0.2) is 9.97 Å². The van der Waals surface area contributed by atoms with E-state index in [1.54, 1.807) is 0 Å². The van der Waals surface area contributed by atoms with Crippen molar-refractivity contribution in [1.82, 2.24) is 9.97 Å². The highest BCUT2D eigenvalue weighted by Gasteiger charge is 2.10. The second kappa shape index (κ2) is 5.65. The van der Waals surface area contributed by atoms with Crippen LogP contribution in [0.3, 0.4) is 0 Å². The molecule has 0 aliphatic carbocycles. The Hall–Kier alpha value is -1.36. The molecular formula is C11H20N4O. The van der Waals surface area contributed by atoms with E-state index in [4.69, 9.17) is 5.11 Å². The number of hydrogen-bond acceptors (Lipinski definition) is 5. The largest absolute Gasteiger partial charge is 0.394 e. The Morgan fingerprint density at radius 1 is 1.31 bits per heavy atom. The molecule has 0 amide bonds. The average Bonchev–Trinajstić information content (AvgIpc) is 2.31. The number of nitrogens with zero attached hydrogens (tertiary/aromatic N) is 2. The molecule has 5 heteroatoms. The third-order valence-electron chi connectivity index (χ3n) is 2.40. The van der Waals surface area contributed by atoms with Gasteiger partial charge in [-0.15, -0.1) is 0 Å². The lowest BCUT2D eigenvalue weighted by atomic mass is 10.2. The Balaban J connectivity index is 3.05. The molecule has 0 aliphatic heterocycles. The van der Waals surface area contributed by atoms with Crippen molar-refractivity contribution in [2.45, 2.75) is 33.2 Å². The molecule has 1 rings (SSSR count). The highest BCUT2D eigenvalue weighted by molar-refractivity contribution is 5.57. The summed E-state index contributed by atoms with van der Waals surface area (Å²) < 4.78 is 0. The molecule has 1 unspecified atom stereocenters. The number of rotatable bonds is 5. The minimum Gasteiger partial charge on any atom is -0.394 e. The minimum atomic E-state index is -0.0111. The van der Waals surface area contributed by atoms with E-state index < -0.39 is 0 Å². The Bertz CT molecular complexity index is 354. The van der Waals surface area contributed by atoms with Gasteiger partial charge in [0.2, 0.25) is 0 Å². The van der Waals surface area contributed by atoms with Crippen LogP contribution in [0.5, 0.6) is 0 Å². The molecule has 0 saturated carbocycles. The maximum absolute atomic E-state index is 9.02. The van der Waals surface area contributed by atoms with Gasteiger partial charge in [0.25, 0.3) is 0 Å². The van der Waals surface area contributed by atoms with Crippen molar-refractivity contribution >= 4 is 11.6 Å². The maximum Gasteiger partial charge on any atom is 0.135 e. The summed E-state index contributed by atoms with van der Waals surface area (Å²) in [5.74, 6) is 2.42.